The summed E-state index contributed by atoms with van der Waals surface area (Å²) in [6, 6.07) is 0. The molecule has 7 atom stereocenters. The van der Waals surface area contributed by atoms with Gasteiger partial charge in [-0.05, 0) is 40.2 Å². The minimum atomic E-state index is -1.61. The molecule has 4 aliphatic rings. The van der Waals surface area contributed by atoms with Crippen LogP contribution in [0, 0.1) is 11.8 Å². The van der Waals surface area contributed by atoms with E-state index in [1.165, 1.54) is 0 Å². The van der Waals surface area contributed by atoms with Crippen molar-refractivity contribution in [2.24, 2.45) is 11.8 Å². The van der Waals surface area contributed by atoms with E-state index in [0.717, 1.165) is 0 Å². The molecule has 4 rings (SSSR count). The fraction of sp³-hybridized carbons (Fsp3) is 0.600. The quantitative estimate of drug-likeness (QED) is 0.340. The molecule has 2 bridgehead atoms. The Bertz CT molecular complexity index is 794. The molecular weight excluding hydrogens is 352 g/mol. The topological polar surface area (TPSA) is 91.3 Å². The SMILES string of the molecule is C=C1C(=O)OC2C1CC(OC(=O)C(C)=CC)C(C)(O)C13C=CC(C)(OO1)C23. The van der Waals surface area contributed by atoms with Crippen molar-refractivity contribution in [2.45, 2.75) is 63.1 Å². The van der Waals surface area contributed by atoms with Crippen LogP contribution in [0.15, 0.2) is 36.0 Å². The summed E-state index contributed by atoms with van der Waals surface area (Å²) in [5.41, 5.74) is -3.04. The Labute approximate surface area is 157 Å². The predicted octanol–water partition coefficient (Wildman–Crippen LogP) is 1.76. The summed E-state index contributed by atoms with van der Waals surface area (Å²) in [7, 11) is 0. The number of ether oxygens (including phenoxy) is 2. The largest absolute Gasteiger partial charge is 0.458 e. The van der Waals surface area contributed by atoms with Gasteiger partial charge in [-0.25, -0.2) is 19.4 Å². The van der Waals surface area contributed by atoms with E-state index in [1.54, 1.807) is 32.9 Å². The van der Waals surface area contributed by atoms with E-state index >= 15 is 0 Å². The van der Waals surface area contributed by atoms with Crippen LogP contribution >= 0.6 is 0 Å². The highest BCUT2D eigenvalue weighted by atomic mass is 17.2. The van der Waals surface area contributed by atoms with Gasteiger partial charge in [0.15, 0.2) is 5.60 Å². The first-order valence-electron chi connectivity index (χ1n) is 9.10. The van der Waals surface area contributed by atoms with Crippen LogP contribution in [0.4, 0.5) is 0 Å². The number of aliphatic hydroxyl groups is 1. The fourth-order valence-electron chi connectivity index (χ4n) is 4.80. The molecule has 3 fully saturated rings. The van der Waals surface area contributed by atoms with E-state index in [-0.39, 0.29) is 6.42 Å². The van der Waals surface area contributed by atoms with Gasteiger partial charge < -0.3 is 14.6 Å². The van der Waals surface area contributed by atoms with Gasteiger partial charge in [-0.3, -0.25) is 0 Å². The van der Waals surface area contributed by atoms with Gasteiger partial charge in [-0.1, -0.05) is 18.7 Å². The lowest BCUT2D eigenvalue weighted by Gasteiger charge is -2.43. The van der Waals surface area contributed by atoms with Gasteiger partial charge >= 0.3 is 11.9 Å². The molecule has 2 saturated heterocycles. The molecule has 0 aromatic heterocycles. The maximum atomic E-state index is 12.4. The van der Waals surface area contributed by atoms with E-state index < -0.39 is 52.8 Å². The van der Waals surface area contributed by atoms with E-state index in [2.05, 4.69) is 6.58 Å². The number of esters is 2. The molecular formula is C20H24O7. The van der Waals surface area contributed by atoms with Crippen molar-refractivity contribution in [3.63, 3.8) is 0 Å². The summed E-state index contributed by atoms with van der Waals surface area (Å²) in [5.74, 6) is -1.91. The first kappa shape index (κ1) is 18.4. The molecule has 2 aliphatic carbocycles. The molecule has 0 aromatic carbocycles. The zero-order chi connectivity index (χ0) is 19.8. The van der Waals surface area contributed by atoms with Crippen molar-refractivity contribution >= 4 is 11.9 Å². The first-order chi connectivity index (χ1) is 12.6. The van der Waals surface area contributed by atoms with Crippen molar-refractivity contribution in [2.75, 3.05) is 0 Å². The molecule has 146 valence electrons. The summed E-state index contributed by atoms with van der Waals surface area (Å²) >= 11 is 0. The fourth-order valence-corrected chi connectivity index (χ4v) is 4.80. The highest BCUT2D eigenvalue weighted by Crippen LogP contribution is 2.61. The molecule has 1 saturated carbocycles. The summed E-state index contributed by atoms with van der Waals surface area (Å²) in [5, 5.41) is 11.6. The average Bonchev–Trinajstić information content (AvgIpc) is 3.18. The third kappa shape index (κ3) is 2.19. The molecule has 2 heterocycles. The Morgan fingerprint density at radius 1 is 1.37 bits per heavy atom. The van der Waals surface area contributed by atoms with E-state index in [9.17, 15) is 14.7 Å². The number of fused-ring (bicyclic) bond motifs is 1. The van der Waals surface area contributed by atoms with Gasteiger partial charge in [0, 0.05) is 17.1 Å². The Morgan fingerprint density at radius 3 is 2.67 bits per heavy atom. The zero-order valence-electron chi connectivity index (χ0n) is 15.9. The lowest BCUT2D eigenvalue weighted by atomic mass is 9.70. The number of hydrogen-bond donors (Lipinski definition) is 1. The normalized spacial score (nSPS) is 48.1. The number of allylic oxidation sites excluding steroid dienone is 1. The third-order valence-electron chi connectivity index (χ3n) is 6.67. The highest BCUT2D eigenvalue weighted by molar-refractivity contribution is 5.91. The van der Waals surface area contributed by atoms with Crippen molar-refractivity contribution in [3.05, 3.63) is 36.0 Å². The van der Waals surface area contributed by atoms with Gasteiger partial charge in [0.2, 0.25) is 0 Å². The van der Waals surface area contributed by atoms with Gasteiger partial charge in [0.05, 0.1) is 5.92 Å². The standard InChI is InChI=1S/C20H24O7/c1-6-10(2)16(21)24-13-9-12-11(3)17(22)25-14(12)15-18(4)7-8-20(15,27-26-18)19(13,5)23/h6-8,12-15,23H,3,9H2,1-2,4-5H3. The minimum absolute atomic E-state index is 0.205. The Kier molecular flexibility index (Phi) is 3.77. The van der Waals surface area contributed by atoms with Crippen molar-refractivity contribution < 1.29 is 33.9 Å². The molecule has 7 nitrogen and oxygen atoms in total. The molecule has 7 heteroatoms. The Hall–Kier alpha value is -1.96. The van der Waals surface area contributed by atoms with E-state index in [1.807, 2.05) is 13.0 Å². The van der Waals surface area contributed by atoms with Gasteiger partial charge in [0.25, 0.3) is 0 Å². The van der Waals surface area contributed by atoms with Gasteiger partial charge in [0.1, 0.15) is 23.4 Å². The Balaban J connectivity index is 1.81. The molecule has 0 amide bonds. The van der Waals surface area contributed by atoms with E-state index in [4.69, 9.17) is 19.2 Å². The molecule has 0 spiro atoms. The van der Waals surface area contributed by atoms with Crippen LogP contribution in [-0.2, 0) is 28.8 Å². The van der Waals surface area contributed by atoms with Crippen molar-refractivity contribution in [1.82, 2.24) is 0 Å². The van der Waals surface area contributed by atoms with Crippen LogP contribution in [-0.4, -0.2) is 46.1 Å². The first-order valence-corrected chi connectivity index (χ1v) is 9.10. The number of hydrogen-bond acceptors (Lipinski definition) is 7. The third-order valence-corrected chi connectivity index (χ3v) is 6.67. The zero-order valence-corrected chi connectivity index (χ0v) is 15.9. The Morgan fingerprint density at radius 2 is 2.07 bits per heavy atom. The summed E-state index contributed by atoms with van der Waals surface area (Å²) < 4.78 is 11.3. The molecule has 27 heavy (non-hydrogen) atoms. The van der Waals surface area contributed by atoms with E-state index in [0.29, 0.717) is 11.1 Å². The highest BCUT2D eigenvalue weighted by Gasteiger charge is 2.76. The van der Waals surface area contributed by atoms with Gasteiger partial charge in [-0.15, -0.1) is 0 Å². The molecule has 1 N–H and O–H groups in total. The average molecular weight is 376 g/mol. The second kappa shape index (κ2) is 5.53. The van der Waals surface area contributed by atoms with Crippen molar-refractivity contribution in [3.8, 4) is 0 Å². The smallest absolute Gasteiger partial charge is 0.334 e. The van der Waals surface area contributed by atoms with Crippen LogP contribution in [0.1, 0.15) is 34.1 Å². The maximum Gasteiger partial charge on any atom is 0.334 e. The minimum Gasteiger partial charge on any atom is -0.458 e. The molecule has 0 radical (unpaired) electrons. The van der Waals surface area contributed by atoms with Crippen molar-refractivity contribution in [1.29, 1.82) is 0 Å². The number of carbonyl (C=O) groups excluding carboxylic acids is 2. The molecule has 0 aromatic rings. The van der Waals surface area contributed by atoms with Crippen LogP contribution in [0.2, 0.25) is 0 Å². The predicted molar refractivity (Wildman–Crippen MR) is 93.0 cm³/mol. The second-order valence-electron chi connectivity index (χ2n) is 8.21. The summed E-state index contributed by atoms with van der Waals surface area (Å²) in [6.07, 6.45) is 3.85. The lowest BCUT2D eigenvalue weighted by molar-refractivity contribution is -0.366. The molecule has 2 aliphatic heterocycles. The number of carbonyl (C=O) groups is 2. The lowest BCUT2D eigenvalue weighted by Crippen LogP contribution is -2.62. The number of rotatable bonds is 2. The summed E-state index contributed by atoms with van der Waals surface area (Å²) in [4.78, 5) is 35.8. The monoisotopic (exact) mass is 376 g/mol. The summed E-state index contributed by atoms with van der Waals surface area (Å²) in [6.45, 7) is 10.6. The second-order valence-corrected chi connectivity index (χ2v) is 8.21. The maximum absolute atomic E-state index is 12.4. The van der Waals surface area contributed by atoms with Gasteiger partial charge in [-0.2, -0.15) is 0 Å². The van der Waals surface area contributed by atoms with Crippen LogP contribution < -0.4 is 0 Å². The van der Waals surface area contributed by atoms with Crippen LogP contribution in [0.3, 0.4) is 0 Å². The van der Waals surface area contributed by atoms with Crippen LogP contribution in [0.25, 0.3) is 0 Å². The van der Waals surface area contributed by atoms with Crippen LogP contribution in [0.5, 0.6) is 0 Å². The molecule has 7 unspecified atom stereocenters.